The van der Waals surface area contributed by atoms with Gasteiger partial charge in [0.15, 0.2) is 0 Å². The molecule has 2 atom stereocenters. The molecule has 0 fully saturated rings. The molecule has 7 heteroatoms. The average molecular weight is 409 g/mol. The average Bonchev–Trinajstić information content (AvgIpc) is 2.74. The molecule has 0 bridgehead atoms. The van der Waals surface area contributed by atoms with Gasteiger partial charge in [0, 0.05) is 0 Å². The first-order valence-electron chi connectivity index (χ1n) is 9.43. The summed E-state index contributed by atoms with van der Waals surface area (Å²) in [6.07, 6.45) is 0. The highest BCUT2D eigenvalue weighted by atomic mass is 19.1. The van der Waals surface area contributed by atoms with E-state index in [9.17, 15) is 18.4 Å². The largest absolute Gasteiger partial charge is 0.344 e. The summed E-state index contributed by atoms with van der Waals surface area (Å²) in [4.78, 5) is 29.2. The lowest BCUT2D eigenvalue weighted by Gasteiger charge is -2.15. The van der Waals surface area contributed by atoms with Gasteiger partial charge in [-0.2, -0.15) is 0 Å². The predicted octanol–water partition coefficient (Wildman–Crippen LogP) is 4.34. The minimum atomic E-state index is -0.451. The maximum absolute atomic E-state index is 13.1. The van der Waals surface area contributed by atoms with Crippen molar-refractivity contribution in [2.45, 2.75) is 25.9 Å². The fraction of sp³-hybridized carbons (Fsp3) is 0.174. The number of halogens is 2. The summed E-state index contributed by atoms with van der Waals surface area (Å²) in [5.74, 6) is -1.61. The number of nitrogens with zero attached hydrogens (tertiary/aromatic N) is 1. The molecule has 2 amide bonds. The molecule has 0 saturated heterocycles. The predicted molar refractivity (Wildman–Crippen MR) is 109 cm³/mol. The number of aromatic nitrogens is 1. The van der Waals surface area contributed by atoms with E-state index >= 15 is 0 Å². The summed E-state index contributed by atoms with van der Waals surface area (Å²) < 4.78 is 26.1. The zero-order chi connectivity index (χ0) is 21.7. The maximum Gasteiger partial charge on any atom is 0.270 e. The molecule has 0 aliphatic heterocycles. The first-order chi connectivity index (χ1) is 14.3. The molecule has 0 saturated carbocycles. The van der Waals surface area contributed by atoms with Crippen LogP contribution < -0.4 is 10.6 Å². The third-order valence-electron chi connectivity index (χ3n) is 4.65. The second-order valence-corrected chi connectivity index (χ2v) is 6.90. The summed E-state index contributed by atoms with van der Waals surface area (Å²) in [5.41, 5.74) is 1.66. The van der Waals surface area contributed by atoms with E-state index in [4.69, 9.17) is 0 Å². The van der Waals surface area contributed by atoms with Crippen molar-refractivity contribution in [3.05, 3.63) is 101 Å². The molecule has 3 aromatic rings. The van der Waals surface area contributed by atoms with Gasteiger partial charge < -0.3 is 10.6 Å². The van der Waals surface area contributed by atoms with Crippen LogP contribution >= 0.6 is 0 Å². The smallest absolute Gasteiger partial charge is 0.270 e. The monoisotopic (exact) mass is 409 g/mol. The summed E-state index contributed by atoms with van der Waals surface area (Å²) >= 11 is 0. The minimum absolute atomic E-state index is 0.0889. The van der Waals surface area contributed by atoms with Crippen LogP contribution in [0.25, 0.3) is 0 Å². The summed E-state index contributed by atoms with van der Waals surface area (Å²) in [5, 5.41) is 5.56. The van der Waals surface area contributed by atoms with Crippen LogP contribution in [0.2, 0.25) is 0 Å². The molecule has 0 radical (unpaired) electrons. The van der Waals surface area contributed by atoms with Crippen molar-refractivity contribution in [1.29, 1.82) is 0 Å². The van der Waals surface area contributed by atoms with Crippen molar-refractivity contribution >= 4 is 11.8 Å². The molecule has 2 unspecified atom stereocenters. The van der Waals surface area contributed by atoms with E-state index in [-0.39, 0.29) is 35.1 Å². The summed E-state index contributed by atoms with van der Waals surface area (Å²) in [6, 6.07) is 15.5. The van der Waals surface area contributed by atoms with Crippen LogP contribution in [-0.2, 0) is 0 Å². The number of benzene rings is 2. The van der Waals surface area contributed by atoms with Crippen molar-refractivity contribution in [2.75, 3.05) is 0 Å². The third-order valence-corrected chi connectivity index (χ3v) is 4.65. The molecule has 0 aliphatic carbocycles. The number of hydrogen-bond donors (Lipinski definition) is 2. The first-order valence-corrected chi connectivity index (χ1v) is 9.43. The van der Waals surface area contributed by atoms with Gasteiger partial charge in [-0.05, 0) is 61.4 Å². The van der Waals surface area contributed by atoms with E-state index in [0.29, 0.717) is 0 Å². The third kappa shape index (κ3) is 5.26. The Bertz CT molecular complexity index is 956. The molecule has 5 nitrogen and oxygen atoms in total. The molecule has 154 valence electrons. The topological polar surface area (TPSA) is 71.1 Å². The highest BCUT2D eigenvalue weighted by molar-refractivity contribution is 5.96. The van der Waals surface area contributed by atoms with Crippen LogP contribution in [0.3, 0.4) is 0 Å². The van der Waals surface area contributed by atoms with E-state index in [1.54, 1.807) is 44.2 Å². The van der Waals surface area contributed by atoms with Crippen molar-refractivity contribution in [2.24, 2.45) is 0 Å². The second kappa shape index (κ2) is 9.26. The van der Waals surface area contributed by atoms with Gasteiger partial charge >= 0.3 is 0 Å². The number of pyridine rings is 1. The zero-order valence-corrected chi connectivity index (χ0v) is 16.5. The number of carbonyl (C=O) groups is 2. The summed E-state index contributed by atoms with van der Waals surface area (Å²) in [7, 11) is 0. The lowest BCUT2D eigenvalue weighted by atomic mass is 10.1. The zero-order valence-electron chi connectivity index (χ0n) is 16.5. The lowest BCUT2D eigenvalue weighted by Crippen LogP contribution is -2.30. The fourth-order valence-corrected chi connectivity index (χ4v) is 2.90. The molecule has 2 N–H and O–H groups in total. The van der Waals surface area contributed by atoms with Gasteiger partial charge in [-0.3, -0.25) is 9.59 Å². The van der Waals surface area contributed by atoms with Crippen LogP contribution in [-0.4, -0.2) is 16.8 Å². The van der Waals surface area contributed by atoms with Crippen LogP contribution in [0.15, 0.2) is 66.7 Å². The van der Waals surface area contributed by atoms with E-state index in [0.717, 1.165) is 11.1 Å². The SMILES string of the molecule is CC(NC(=O)c1cccc(C(=O)NC(C)c2ccc(F)cc2)n1)c1ccc(F)cc1. The Morgan fingerprint density at radius 3 is 1.43 bits per heavy atom. The van der Waals surface area contributed by atoms with Crippen molar-refractivity contribution in [3.8, 4) is 0 Å². The Morgan fingerprint density at radius 1 is 0.700 bits per heavy atom. The maximum atomic E-state index is 13.1. The van der Waals surface area contributed by atoms with Crippen molar-refractivity contribution in [3.63, 3.8) is 0 Å². The lowest BCUT2D eigenvalue weighted by molar-refractivity contribution is 0.0930. The molecule has 3 rings (SSSR count). The Kier molecular flexibility index (Phi) is 6.51. The van der Waals surface area contributed by atoms with Gasteiger partial charge in [0.2, 0.25) is 0 Å². The van der Waals surface area contributed by atoms with E-state index in [1.165, 1.54) is 36.4 Å². The van der Waals surface area contributed by atoms with E-state index < -0.39 is 11.8 Å². The Labute approximate surface area is 173 Å². The van der Waals surface area contributed by atoms with Gasteiger partial charge in [-0.25, -0.2) is 13.8 Å². The van der Waals surface area contributed by atoms with Crippen LogP contribution in [0.4, 0.5) is 8.78 Å². The van der Waals surface area contributed by atoms with Gasteiger partial charge in [-0.1, -0.05) is 30.3 Å². The van der Waals surface area contributed by atoms with Gasteiger partial charge in [0.05, 0.1) is 12.1 Å². The molecule has 1 heterocycles. The first kappa shape index (κ1) is 21.1. The number of amides is 2. The molecule has 0 aliphatic rings. The van der Waals surface area contributed by atoms with E-state index in [1.807, 2.05) is 0 Å². The fourth-order valence-electron chi connectivity index (χ4n) is 2.90. The van der Waals surface area contributed by atoms with Gasteiger partial charge in [0.25, 0.3) is 11.8 Å². The molecule has 2 aromatic carbocycles. The molecular formula is C23H21F2N3O2. The molecular weight excluding hydrogens is 388 g/mol. The van der Waals surface area contributed by atoms with Gasteiger partial charge in [-0.15, -0.1) is 0 Å². The van der Waals surface area contributed by atoms with Crippen LogP contribution in [0, 0.1) is 11.6 Å². The molecule has 30 heavy (non-hydrogen) atoms. The minimum Gasteiger partial charge on any atom is -0.344 e. The van der Waals surface area contributed by atoms with Gasteiger partial charge in [0.1, 0.15) is 23.0 Å². The highest BCUT2D eigenvalue weighted by Gasteiger charge is 2.17. The highest BCUT2D eigenvalue weighted by Crippen LogP contribution is 2.15. The van der Waals surface area contributed by atoms with Crippen LogP contribution in [0.1, 0.15) is 58.0 Å². The summed E-state index contributed by atoms with van der Waals surface area (Å²) in [6.45, 7) is 3.54. The number of hydrogen-bond acceptors (Lipinski definition) is 3. The number of rotatable bonds is 6. The second-order valence-electron chi connectivity index (χ2n) is 6.90. The van der Waals surface area contributed by atoms with Crippen molar-refractivity contribution in [1.82, 2.24) is 15.6 Å². The Hall–Kier alpha value is -3.61. The molecule has 0 spiro atoms. The Balaban J connectivity index is 1.67. The van der Waals surface area contributed by atoms with Crippen molar-refractivity contribution < 1.29 is 18.4 Å². The number of nitrogens with one attached hydrogen (secondary N) is 2. The number of carbonyl (C=O) groups excluding carboxylic acids is 2. The Morgan fingerprint density at radius 2 is 1.07 bits per heavy atom. The van der Waals surface area contributed by atoms with Crippen LogP contribution in [0.5, 0.6) is 0 Å². The standard InChI is InChI=1S/C23H21F2N3O2/c1-14(16-6-10-18(24)11-7-16)26-22(29)20-4-3-5-21(28-20)23(30)27-15(2)17-8-12-19(25)13-9-17/h3-15H,1-2H3,(H,26,29)(H,27,30). The normalized spacial score (nSPS) is 12.7. The van der Waals surface area contributed by atoms with E-state index in [2.05, 4.69) is 15.6 Å². The molecule has 1 aromatic heterocycles. The quantitative estimate of drug-likeness (QED) is 0.636.